The molecule has 0 saturated heterocycles. The van der Waals surface area contributed by atoms with Crippen LogP contribution in [0.5, 0.6) is 0 Å². The lowest BCUT2D eigenvalue weighted by molar-refractivity contribution is -0.343. The van der Waals surface area contributed by atoms with Crippen LogP contribution in [-0.4, -0.2) is 33.7 Å². The number of halogens is 7. The molecule has 0 aliphatic heterocycles. The normalized spacial score (nSPS) is 12.9. The zero-order valence-electron chi connectivity index (χ0n) is 13.1. The van der Waals surface area contributed by atoms with Gasteiger partial charge in [0.15, 0.2) is 0 Å². The minimum Gasteiger partial charge on any atom is -0.318 e. The van der Waals surface area contributed by atoms with Gasteiger partial charge in [-0.2, -0.15) is 35.8 Å². The van der Waals surface area contributed by atoms with Crippen molar-refractivity contribution in [3.8, 4) is 0 Å². The van der Waals surface area contributed by atoms with Crippen LogP contribution in [0.3, 0.4) is 0 Å². The lowest BCUT2D eigenvalue weighted by atomic mass is 10.1. The number of carbonyl (C=O) groups excluding carboxylic acids is 1. The van der Waals surface area contributed by atoms with Crippen LogP contribution in [0.15, 0.2) is 36.7 Å². The molecule has 1 amide bonds. The Kier molecular flexibility index (Phi) is 5.02. The summed E-state index contributed by atoms with van der Waals surface area (Å²) in [5.41, 5.74) is 1.28. The quantitative estimate of drug-likeness (QED) is 0.794. The number of nitrogens with one attached hydrogen (secondary N) is 1. The lowest BCUT2D eigenvalue weighted by Crippen LogP contribution is -2.57. The van der Waals surface area contributed by atoms with E-state index in [1.165, 1.54) is 10.00 Å². The number of aryl methyl sites for hydroxylation is 1. The van der Waals surface area contributed by atoms with Gasteiger partial charge in [0, 0.05) is 6.20 Å². The van der Waals surface area contributed by atoms with E-state index in [-0.39, 0.29) is 6.54 Å². The largest absolute Gasteiger partial charge is 0.460 e. The summed E-state index contributed by atoms with van der Waals surface area (Å²) in [4.78, 5) is 11.3. The highest BCUT2D eigenvalue weighted by Gasteiger charge is 2.76. The fraction of sp³-hybridized carbons (Fsp3) is 0.333. The Morgan fingerprint density at radius 3 is 2.38 bits per heavy atom. The molecular weight excluding hydrogens is 371 g/mol. The van der Waals surface area contributed by atoms with Gasteiger partial charge in [0.1, 0.15) is 0 Å². The van der Waals surface area contributed by atoms with E-state index in [0.29, 0.717) is 0 Å². The van der Waals surface area contributed by atoms with Crippen molar-refractivity contribution in [2.75, 3.05) is 5.32 Å². The molecular formula is C15H12F7N3O. The number of nitrogens with zero attached hydrogens (tertiary/aromatic N) is 2. The molecule has 2 aromatic rings. The SMILES string of the molecule is Cc1cccc(Cn2cc(NC(=O)C(F)(F)C(F)(F)C(F)(F)F)cn2)c1. The molecule has 1 aromatic carbocycles. The molecule has 1 heterocycles. The molecule has 26 heavy (non-hydrogen) atoms. The molecule has 2 rings (SSSR count). The second-order valence-electron chi connectivity index (χ2n) is 5.52. The predicted octanol–water partition coefficient (Wildman–Crippen LogP) is 4.01. The Hall–Kier alpha value is -2.59. The number of carbonyl (C=O) groups is 1. The molecule has 142 valence electrons. The molecule has 0 fully saturated rings. The maximum atomic E-state index is 13.3. The van der Waals surface area contributed by atoms with Gasteiger partial charge in [-0.1, -0.05) is 29.8 Å². The van der Waals surface area contributed by atoms with E-state index in [1.807, 2.05) is 13.0 Å². The standard InChI is InChI=1S/C15H12F7N3O/c1-9-3-2-4-10(5-9)7-25-8-11(6-23-25)24-12(26)13(16,17)14(18,19)15(20,21)22/h2-6,8H,7H2,1H3,(H,24,26). The maximum absolute atomic E-state index is 13.3. The number of hydrogen-bond donors (Lipinski definition) is 1. The van der Waals surface area contributed by atoms with Crippen molar-refractivity contribution in [3.63, 3.8) is 0 Å². The molecule has 0 saturated carbocycles. The Morgan fingerprint density at radius 2 is 1.81 bits per heavy atom. The first kappa shape index (κ1) is 19.7. The number of rotatable bonds is 5. The molecule has 0 bridgehead atoms. The number of hydrogen-bond acceptors (Lipinski definition) is 2. The fourth-order valence-corrected chi connectivity index (χ4v) is 2.04. The van der Waals surface area contributed by atoms with Gasteiger partial charge in [0.2, 0.25) is 0 Å². The van der Waals surface area contributed by atoms with Crippen LogP contribution in [0.4, 0.5) is 36.4 Å². The van der Waals surface area contributed by atoms with E-state index >= 15 is 0 Å². The molecule has 11 heteroatoms. The predicted molar refractivity (Wildman–Crippen MR) is 77.1 cm³/mol. The zero-order valence-corrected chi connectivity index (χ0v) is 13.1. The summed E-state index contributed by atoms with van der Waals surface area (Å²) < 4.78 is 89.6. The summed E-state index contributed by atoms with van der Waals surface area (Å²) >= 11 is 0. The van der Waals surface area contributed by atoms with E-state index in [9.17, 15) is 35.5 Å². The third-order valence-electron chi connectivity index (χ3n) is 3.35. The molecule has 0 radical (unpaired) electrons. The van der Waals surface area contributed by atoms with E-state index in [0.717, 1.165) is 23.5 Å². The van der Waals surface area contributed by atoms with E-state index in [4.69, 9.17) is 0 Å². The average Bonchev–Trinajstić information content (AvgIpc) is 2.92. The van der Waals surface area contributed by atoms with Crippen molar-refractivity contribution in [1.82, 2.24) is 9.78 Å². The number of amides is 1. The van der Waals surface area contributed by atoms with Gasteiger partial charge in [0.25, 0.3) is 0 Å². The Morgan fingerprint density at radius 1 is 1.15 bits per heavy atom. The fourth-order valence-electron chi connectivity index (χ4n) is 2.04. The molecule has 0 atom stereocenters. The summed E-state index contributed by atoms with van der Waals surface area (Å²) in [6.07, 6.45) is -4.69. The second-order valence-corrected chi connectivity index (χ2v) is 5.52. The van der Waals surface area contributed by atoms with E-state index in [2.05, 4.69) is 5.10 Å². The number of alkyl halides is 7. The van der Waals surface area contributed by atoms with E-state index in [1.54, 1.807) is 18.2 Å². The molecule has 1 aromatic heterocycles. The summed E-state index contributed by atoms with van der Waals surface area (Å²) in [5, 5.41) is 5.06. The van der Waals surface area contributed by atoms with Crippen molar-refractivity contribution < 1.29 is 35.5 Å². The average molecular weight is 383 g/mol. The Labute approximate surface area is 142 Å². The van der Waals surface area contributed by atoms with Gasteiger partial charge in [0.05, 0.1) is 18.4 Å². The number of aromatic nitrogens is 2. The van der Waals surface area contributed by atoms with Crippen LogP contribution in [0.25, 0.3) is 0 Å². The van der Waals surface area contributed by atoms with Gasteiger partial charge >= 0.3 is 23.9 Å². The van der Waals surface area contributed by atoms with Gasteiger partial charge < -0.3 is 5.32 Å². The van der Waals surface area contributed by atoms with Crippen molar-refractivity contribution in [3.05, 3.63) is 47.8 Å². The number of benzene rings is 1. The minimum absolute atomic E-state index is 0.173. The van der Waals surface area contributed by atoms with Crippen molar-refractivity contribution >= 4 is 11.6 Å². The third kappa shape index (κ3) is 3.81. The molecule has 0 spiro atoms. The Balaban J connectivity index is 2.12. The first-order chi connectivity index (χ1) is 11.8. The van der Waals surface area contributed by atoms with Crippen LogP contribution in [-0.2, 0) is 11.3 Å². The van der Waals surface area contributed by atoms with Gasteiger partial charge in [-0.05, 0) is 12.5 Å². The summed E-state index contributed by atoms with van der Waals surface area (Å²) in [7, 11) is 0. The summed E-state index contributed by atoms with van der Waals surface area (Å²) in [5.74, 6) is -15.3. The van der Waals surface area contributed by atoms with Gasteiger partial charge in [-0.3, -0.25) is 9.48 Å². The molecule has 1 N–H and O–H groups in total. The van der Waals surface area contributed by atoms with E-state index < -0.39 is 29.6 Å². The van der Waals surface area contributed by atoms with Crippen LogP contribution < -0.4 is 5.32 Å². The van der Waals surface area contributed by atoms with Gasteiger partial charge in [-0.25, -0.2) is 0 Å². The van der Waals surface area contributed by atoms with Crippen LogP contribution >= 0.6 is 0 Å². The highest BCUT2D eigenvalue weighted by molar-refractivity contribution is 5.96. The molecule has 4 nitrogen and oxygen atoms in total. The van der Waals surface area contributed by atoms with Gasteiger partial charge in [-0.15, -0.1) is 0 Å². The number of anilines is 1. The smallest absolute Gasteiger partial charge is 0.318 e. The topological polar surface area (TPSA) is 46.9 Å². The highest BCUT2D eigenvalue weighted by atomic mass is 19.4. The highest BCUT2D eigenvalue weighted by Crippen LogP contribution is 2.46. The van der Waals surface area contributed by atoms with Crippen molar-refractivity contribution in [2.24, 2.45) is 0 Å². The lowest BCUT2D eigenvalue weighted by Gasteiger charge is -2.26. The second kappa shape index (κ2) is 6.61. The Bertz CT molecular complexity index is 799. The van der Waals surface area contributed by atoms with Crippen molar-refractivity contribution in [2.45, 2.75) is 31.5 Å². The molecule has 0 unspecified atom stereocenters. The van der Waals surface area contributed by atoms with Crippen LogP contribution in [0.1, 0.15) is 11.1 Å². The summed E-state index contributed by atoms with van der Waals surface area (Å²) in [6, 6.07) is 7.14. The van der Waals surface area contributed by atoms with Crippen LogP contribution in [0.2, 0.25) is 0 Å². The van der Waals surface area contributed by atoms with Crippen molar-refractivity contribution in [1.29, 1.82) is 0 Å². The first-order valence-electron chi connectivity index (χ1n) is 7.06. The molecule has 0 aliphatic rings. The molecule has 0 aliphatic carbocycles. The summed E-state index contributed by atoms with van der Waals surface area (Å²) in [6.45, 7) is 2.01. The maximum Gasteiger partial charge on any atom is 0.460 e. The van der Waals surface area contributed by atoms with Crippen LogP contribution in [0, 0.1) is 6.92 Å². The first-order valence-corrected chi connectivity index (χ1v) is 7.06. The monoisotopic (exact) mass is 383 g/mol. The minimum atomic E-state index is -6.58. The zero-order chi connectivity index (χ0) is 19.8. The third-order valence-corrected chi connectivity index (χ3v) is 3.35.